The van der Waals surface area contributed by atoms with E-state index in [1.54, 1.807) is 13.0 Å². The summed E-state index contributed by atoms with van der Waals surface area (Å²) in [6, 6.07) is 0. The summed E-state index contributed by atoms with van der Waals surface area (Å²) in [7, 11) is 0. The first-order valence-corrected chi connectivity index (χ1v) is 4.03. The van der Waals surface area contributed by atoms with E-state index < -0.39 is 5.97 Å². The molecule has 0 aromatic carbocycles. The Morgan fingerprint density at radius 2 is 1.83 bits per heavy atom. The summed E-state index contributed by atoms with van der Waals surface area (Å²) in [6.45, 7) is 7.63. The highest BCUT2D eigenvalue weighted by atomic mass is 16.4. The lowest BCUT2D eigenvalue weighted by molar-refractivity contribution is -0.132. The van der Waals surface area contributed by atoms with Crippen molar-refractivity contribution in [3.8, 4) is 0 Å². The lowest BCUT2D eigenvalue weighted by Crippen LogP contribution is -1.96. The Bertz CT molecular complexity index is 222. The van der Waals surface area contributed by atoms with E-state index in [0.717, 1.165) is 5.57 Å². The van der Waals surface area contributed by atoms with Crippen LogP contribution in [0.2, 0.25) is 0 Å². The minimum absolute atomic E-state index is 0.379. The van der Waals surface area contributed by atoms with Crippen molar-refractivity contribution in [3.63, 3.8) is 0 Å². The van der Waals surface area contributed by atoms with Crippen molar-refractivity contribution in [1.82, 2.24) is 0 Å². The molecule has 12 heavy (non-hydrogen) atoms. The van der Waals surface area contributed by atoms with Gasteiger partial charge in [0.1, 0.15) is 0 Å². The summed E-state index contributed by atoms with van der Waals surface area (Å²) < 4.78 is 0. The lowest BCUT2D eigenvalue weighted by atomic mass is 10.1. The molecule has 0 aliphatic heterocycles. The van der Waals surface area contributed by atoms with E-state index in [1.165, 1.54) is 0 Å². The van der Waals surface area contributed by atoms with Crippen molar-refractivity contribution in [2.45, 2.75) is 27.7 Å². The summed E-state index contributed by atoms with van der Waals surface area (Å²) in [5, 5.41) is 8.57. The molecule has 2 heteroatoms. The van der Waals surface area contributed by atoms with Gasteiger partial charge in [0.05, 0.1) is 0 Å². The van der Waals surface area contributed by atoms with Gasteiger partial charge in [-0.05, 0) is 25.8 Å². The molecule has 1 N–H and O–H groups in total. The zero-order valence-electron chi connectivity index (χ0n) is 8.09. The van der Waals surface area contributed by atoms with Crippen molar-refractivity contribution < 1.29 is 9.90 Å². The molecule has 0 aliphatic rings. The van der Waals surface area contributed by atoms with E-state index >= 15 is 0 Å². The quantitative estimate of drug-likeness (QED) is 0.519. The normalized spacial score (nSPS) is 13.8. The highest BCUT2D eigenvalue weighted by Gasteiger charge is 1.98. The smallest absolute Gasteiger partial charge is 0.331 e. The van der Waals surface area contributed by atoms with Gasteiger partial charge in [0, 0.05) is 5.57 Å². The maximum Gasteiger partial charge on any atom is 0.331 e. The molecule has 0 saturated carbocycles. The molecule has 68 valence electrons. The zero-order chi connectivity index (χ0) is 9.72. The second-order valence-electron chi connectivity index (χ2n) is 3.29. The van der Waals surface area contributed by atoms with Gasteiger partial charge in [-0.3, -0.25) is 0 Å². The van der Waals surface area contributed by atoms with Crippen LogP contribution < -0.4 is 0 Å². The Hall–Kier alpha value is -1.05. The van der Waals surface area contributed by atoms with Gasteiger partial charge in [0.25, 0.3) is 0 Å². The fourth-order valence-electron chi connectivity index (χ4n) is 0.977. The largest absolute Gasteiger partial charge is 0.478 e. The fourth-order valence-corrected chi connectivity index (χ4v) is 0.977. The molecule has 0 unspecified atom stereocenters. The Morgan fingerprint density at radius 1 is 1.33 bits per heavy atom. The monoisotopic (exact) mass is 168 g/mol. The molecular weight excluding hydrogens is 152 g/mol. The third-order valence-corrected chi connectivity index (χ3v) is 1.38. The van der Waals surface area contributed by atoms with E-state index in [9.17, 15) is 4.79 Å². The van der Waals surface area contributed by atoms with Crippen LogP contribution in [0, 0.1) is 5.92 Å². The molecule has 0 heterocycles. The first kappa shape index (κ1) is 11.0. The molecule has 0 saturated heterocycles. The molecular formula is C10H16O2. The predicted octanol–water partition coefficient (Wildman–Crippen LogP) is 2.62. The van der Waals surface area contributed by atoms with Gasteiger partial charge in [-0.1, -0.05) is 25.5 Å². The first-order chi connectivity index (χ1) is 5.43. The summed E-state index contributed by atoms with van der Waals surface area (Å²) >= 11 is 0. The maximum atomic E-state index is 10.4. The predicted molar refractivity (Wildman–Crippen MR) is 50.0 cm³/mol. The molecule has 0 aromatic rings. The molecule has 0 aliphatic carbocycles. The van der Waals surface area contributed by atoms with Crippen LogP contribution in [0.5, 0.6) is 0 Å². The van der Waals surface area contributed by atoms with Crippen LogP contribution in [0.1, 0.15) is 27.7 Å². The molecule has 0 spiro atoms. The number of carbonyl (C=O) groups is 1. The van der Waals surface area contributed by atoms with Crippen LogP contribution in [0.25, 0.3) is 0 Å². The van der Waals surface area contributed by atoms with Crippen LogP contribution in [0.4, 0.5) is 0 Å². The van der Waals surface area contributed by atoms with Crippen LogP contribution in [-0.4, -0.2) is 11.1 Å². The Kier molecular flexibility index (Phi) is 4.34. The zero-order valence-corrected chi connectivity index (χ0v) is 8.09. The second kappa shape index (κ2) is 4.75. The van der Waals surface area contributed by atoms with Crippen molar-refractivity contribution >= 4 is 5.97 Å². The highest BCUT2D eigenvalue weighted by Crippen LogP contribution is 2.05. The second-order valence-corrected chi connectivity index (χ2v) is 3.29. The number of hydrogen-bond acceptors (Lipinski definition) is 1. The van der Waals surface area contributed by atoms with Crippen molar-refractivity contribution in [3.05, 3.63) is 23.3 Å². The Morgan fingerprint density at radius 3 is 2.17 bits per heavy atom. The van der Waals surface area contributed by atoms with Gasteiger partial charge < -0.3 is 5.11 Å². The molecule has 0 bridgehead atoms. The number of hydrogen-bond donors (Lipinski definition) is 1. The van der Waals surface area contributed by atoms with E-state index in [1.807, 2.05) is 13.0 Å². The first-order valence-electron chi connectivity index (χ1n) is 4.03. The van der Waals surface area contributed by atoms with Crippen LogP contribution in [0.15, 0.2) is 23.3 Å². The van der Waals surface area contributed by atoms with E-state index in [2.05, 4.69) is 13.8 Å². The van der Waals surface area contributed by atoms with Crippen molar-refractivity contribution in [1.29, 1.82) is 0 Å². The Labute approximate surface area is 73.6 Å². The van der Waals surface area contributed by atoms with Gasteiger partial charge in [0.15, 0.2) is 0 Å². The van der Waals surface area contributed by atoms with E-state index in [-0.39, 0.29) is 0 Å². The fraction of sp³-hybridized carbons (Fsp3) is 0.500. The van der Waals surface area contributed by atoms with Gasteiger partial charge in [-0.2, -0.15) is 0 Å². The molecule has 0 atom stereocenters. The SMILES string of the molecule is CC(=C\C(C)C)/C=C(\C)C(=O)O. The summed E-state index contributed by atoms with van der Waals surface area (Å²) in [5.74, 6) is -0.394. The summed E-state index contributed by atoms with van der Waals surface area (Å²) in [4.78, 5) is 10.4. The molecule has 0 radical (unpaired) electrons. The van der Waals surface area contributed by atoms with Crippen LogP contribution in [-0.2, 0) is 4.79 Å². The number of allylic oxidation sites excluding steroid dienone is 3. The van der Waals surface area contributed by atoms with Crippen LogP contribution >= 0.6 is 0 Å². The van der Waals surface area contributed by atoms with Gasteiger partial charge in [-0.25, -0.2) is 4.79 Å². The van der Waals surface area contributed by atoms with Gasteiger partial charge in [0.2, 0.25) is 0 Å². The molecule has 0 fully saturated rings. The topological polar surface area (TPSA) is 37.3 Å². The molecule has 0 aromatic heterocycles. The minimum Gasteiger partial charge on any atom is -0.478 e. The molecule has 0 amide bonds. The van der Waals surface area contributed by atoms with E-state index in [0.29, 0.717) is 11.5 Å². The van der Waals surface area contributed by atoms with E-state index in [4.69, 9.17) is 5.11 Å². The van der Waals surface area contributed by atoms with Gasteiger partial charge >= 0.3 is 5.97 Å². The number of aliphatic carboxylic acids is 1. The Balaban J connectivity index is 4.43. The average molecular weight is 168 g/mol. The van der Waals surface area contributed by atoms with Crippen LogP contribution in [0.3, 0.4) is 0 Å². The van der Waals surface area contributed by atoms with Crippen molar-refractivity contribution in [2.24, 2.45) is 5.92 Å². The number of carboxylic acids is 1. The molecule has 0 rings (SSSR count). The summed E-state index contributed by atoms with van der Waals surface area (Å²) in [5.41, 5.74) is 1.38. The lowest BCUT2D eigenvalue weighted by Gasteiger charge is -1.98. The van der Waals surface area contributed by atoms with Crippen molar-refractivity contribution in [2.75, 3.05) is 0 Å². The number of carboxylic acid groups (broad SMARTS) is 1. The average Bonchev–Trinajstić information content (AvgIpc) is 1.84. The van der Waals surface area contributed by atoms with Gasteiger partial charge in [-0.15, -0.1) is 0 Å². The third kappa shape index (κ3) is 4.72. The molecule has 2 nitrogen and oxygen atoms in total. The highest BCUT2D eigenvalue weighted by molar-refractivity contribution is 5.86. The standard InChI is InChI=1S/C10H16O2/c1-7(2)5-8(3)6-9(4)10(11)12/h5-7H,1-4H3,(H,11,12)/b8-5+,9-6+. The number of rotatable bonds is 3. The maximum absolute atomic E-state index is 10.4. The minimum atomic E-state index is -0.855. The third-order valence-electron chi connectivity index (χ3n) is 1.38. The summed E-state index contributed by atoms with van der Waals surface area (Å²) in [6.07, 6.45) is 3.72.